The number of hydrogen-bond donors (Lipinski definition) is 3. The first kappa shape index (κ1) is 16.8. The average molecular weight is 262 g/mol. The van der Waals surface area contributed by atoms with Crippen LogP contribution in [-0.4, -0.2) is 70.3 Å². The fraction of sp³-hybridized carbons (Fsp3) is 0.800. The van der Waals surface area contributed by atoms with E-state index in [-0.39, 0.29) is 19.1 Å². The van der Waals surface area contributed by atoms with Crippen LogP contribution >= 0.6 is 0 Å². The van der Waals surface area contributed by atoms with Gasteiger partial charge in [0, 0.05) is 20.8 Å². The molecule has 0 aliphatic carbocycles. The third-order valence-electron chi connectivity index (χ3n) is 2.32. The molecule has 0 saturated heterocycles. The molecule has 8 heteroatoms. The number of nitrogens with two attached hydrogens (primary N) is 1. The van der Waals surface area contributed by atoms with Crippen LogP contribution in [0.25, 0.3) is 0 Å². The van der Waals surface area contributed by atoms with Crippen LogP contribution in [0, 0.1) is 0 Å². The predicted octanol–water partition coefficient (Wildman–Crippen LogP) is -2.31. The summed E-state index contributed by atoms with van der Waals surface area (Å²) in [5.74, 6) is 4.48. The molecule has 106 valence electrons. The lowest BCUT2D eigenvalue weighted by Gasteiger charge is -2.25. The van der Waals surface area contributed by atoms with E-state index >= 15 is 0 Å². The summed E-state index contributed by atoms with van der Waals surface area (Å²) in [7, 11) is 4.68. The zero-order valence-corrected chi connectivity index (χ0v) is 11.1. The van der Waals surface area contributed by atoms with Gasteiger partial charge >= 0.3 is 0 Å². The van der Waals surface area contributed by atoms with Gasteiger partial charge in [0.25, 0.3) is 5.91 Å². The zero-order chi connectivity index (χ0) is 14.0. The highest BCUT2D eigenvalue weighted by molar-refractivity contribution is 5.83. The molecule has 1 unspecified atom stereocenters. The summed E-state index contributed by atoms with van der Waals surface area (Å²) in [6.45, 7) is 1.11. The number of amides is 2. The highest BCUT2D eigenvalue weighted by atomic mass is 16.5. The maximum atomic E-state index is 11.5. The van der Waals surface area contributed by atoms with Gasteiger partial charge in [0.2, 0.25) is 5.91 Å². The van der Waals surface area contributed by atoms with Gasteiger partial charge in [-0.3, -0.25) is 19.9 Å². The minimum absolute atomic E-state index is 0.0746. The lowest BCUT2D eigenvalue weighted by molar-refractivity contribution is -0.130. The molecule has 0 bridgehead atoms. The molecule has 1 atom stereocenters. The van der Waals surface area contributed by atoms with E-state index in [1.807, 2.05) is 5.43 Å². The number of rotatable bonds is 9. The third-order valence-corrected chi connectivity index (χ3v) is 2.32. The summed E-state index contributed by atoms with van der Waals surface area (Å²) < 4.78 is 9.73. The number of nitrogens with one attached hydrogen (secondary N) is 2. The van der Waals surface area contributed by atoms with Crippen molar-refractivity contribution in [1.82, 2.24) is 15.6 Å². The Morgan fingerprint density at radius 1 is 1.33 bits per heavy atom. The second-order valence-electron chi connectivity index (χ2n) is 3.74. The SMILES string of the molecule is COCCNC(=O)CN(C)C(COC)C(=O)NN. The van der Waals surface area contributed by atoms with Crippen LogP contribution < -0.4 is 16.6 Å². The van der Waals surface area contributed by atoms with Crippen molar-refractivity contribution in [3.63, 3.8) is 0 Å². The monoisotopic (exact) mass is 262 g/mol. The first-order valence-electron chi connectivity index (χ1n) is 5.52. The summed E-state index contributed by atoms with van der Waals surface area (Å²) in [5, 5.41) is 2.66. The van der Waals surface area contributed by atoms with Gasteiger partial charge in [0.05, 0.1) is 19.8 Å². The first-order chi connectivity index (χ1) is 8.56. The number of hydrazine groups is 1. The lowest BCUT2D eigenvalue weighted by atomic mass is 10.2. The Kier molecular flexibility index (Phi) is 9.11. The van der Waals surface area contributed by atoms with Crippen molar-refractivity contribution in [2.75, 3.05) is 47.6 Å². The standard InChI is InChI=1S/C10H22N4O4/c1-14(6-9(15)12-4-5-17-2)8(7-18-3)10(16)13-11/h8H,4-7,11H2,1-3H3,(H,12,15)(H,13,16). The molecule has 0 spiro atoms. The molecular weight excluding hydrogens is 240 g/mol. The molecule has 0 aliphatic rings. The van der Waals surface area contributed by atoms with Crippen molar-refractivity contribution in [2.24, 2.45) is 5.84 Å². The van der Waals surface area contributed by atoms with Gasteiger partial charge in [-0.1, -0.05) is 0 Å². The minimum atomic E-state index is -0.604. The van der Waals surface area contributed by atoms with Crippen LogP contribution in [0.15, 0.2) is 0 Å². The maximum Gasteiger partial charge on any atom is 0.253 e. The predicted molar refractivity (Wildman–Crippen MR) is 65.5 cm³/mol. The van der Waals surface area contributed by atoms with Crippen LogP contribution in [0.5, 0.6) is 0 Å². The Morgan fingerprint density at radius 3 is 2.50 bits per heavy atom. The lowest BCUT2D eigenvalue weighted by Crippen LogP contribution is -2.52. The van der Waals surface area contributed by atoms with Crippen molar-refractivity contribution < 1.29 is 19.1 Å². The van der Waals surface area contributed by atoms with Crippen molar-refractivity contribution in [2.45, 2.75) is 6.04 Å². The Labute approximate surface area is 107 Å². The Hall–Kier alpha value is -1.22. The third kappa shape index (κ3) is 6.50. The van der Waals surface area contributed by atoms with Crippen LogP contribution in [0.1, 0.15) is 0 Å². The normalized spacial score (nSPS) is 12.3. The van der Waals surface area contributed by atoms with Crippen LogP contribution in [-0.2, 0) is 19.1 Å². The van der Waals surface area contributed by atoms with Crippen LogP contribution in [0.3, 0.4) is 0 Å². The van der Waals surface area contributed by atoms with Crippen molar-refractivity contribution in [3.05, 3.63) is 0 Å². The molecule has 8 nitrogen and oxygen atoms in total. The van der Waals surface area contributed by atoms with Crippen LogP contribution in [0.4, 0.5) is 0 Å². The van der Waals surface area contributed by atoms with E-state index in [9.17, 15) is 9.59 Å². The molecule has 0 radical (unpaired) electrons. The largest absolute Gasteiger partial charge is 0.383 e. The summed E-state index contributed by atoms with van der Waals surface area (Å²) in [4.78, 5) is 24.6. The molecule has 4 N–H and O–H groups in total. The molecule has 0 aromatic rings. The van der Waals surface area contributed by atoms with E-state index in [0.717, 1.165) is 0 Å². The zero-order valence-electron chi connectivity index (χ0n) is 11.1. The fourth-order valence-electron chi connectivity index (χ4n) is 1.34. The molecule has 0 aromatic heterocycles. The topological polar surface area (TPSA) is 106 Å². The minimum Gasteiger partial charge on any atom is -0.383 e. The van der Waals surface area contributed by atoms with E-state index in [1.54, 1.807) is 19.1 Å². The number of ether oxygens (including phenoxy) is 2. The van der Waals surface area contributed by atoms with Crippen molar-refractivity contribution >= 4 is 11.8 Å². The quantitative estimate of drug-likeness (QED) is 0.186. The summed E-state index contributed by atoms with van der Waals surface area (Å²) in [6, 6.07) is -0.604. The first-order valence-corrected chi connectivity index (χ1v) is 5.52. The number of carbonyl (C=O) groups excluding carboxylic acids is 2. The highest BCUT2D eigenvalue weighted by Crippen LogP contribution is 1.97. The van der Waals surface area contributed by atoms with Gasteiger partial charge in [0.15, 0.2) is 0 Å². The molecule has 0 fully saturated rings. The van der Waals surface area contributed by atoms with E-state index < -0.39 is 11.9 Å². The van der Waals surface area contributed by atoms with E-state index in [1.165, 1.54) is 7.11 Å². The maximum absolute atomic E-state index is 11.5. The van der Waals surface area contributed by atoms with E-state index in [4.69, 9.17) is 15.3 Å². The van der Waals surface area contributed by atoms with Gasteiger partial charge in [-0.25, -0.2) is 5.84 Å². The molecule has 0 heterocycles. The van der Waals surface area contributed by atoms with Crippen molar-refractivity contribution in [1.29, 1.82) is 0 Å². The van der Waals surface area contributed by atoms with Gasteiger partial charge < -0.3 is 14.8 Å². The molecule has 2 amide bonds. The molecule has 0 aromatic carbocycles. The van der Waals surface area contributed by atoms with Gasteiger partial charge in [0.1, 0.15) is 6.04 Å². The molecular formula is C10H22N4O4. The van der Waals surface area contributed by atoms with Gasteiger partial charge in [-0.2, -0.15) is 0 Å². The second-order valence-corrected chi connectivity index (χ2v) is 3.74. The number of carbonyl (C=O) groups is 2. The Morgan fingerprint density at radius 2 is 2.00 bits per heavy atom. The summed E-state index contributed by atoms with van der Waals surface area (Å²) in [6.07, 6.45) is 0. The van der Waals surface area contributed by atoms with Gasteiger partial charge in [-0.05, 0) is 7.05 Å². The van der Waals surface area contributed by atoms with Gasteiger partial charge in [-0.15, -0.1) is 0 Å². The smallest absolute Gasteiger partial charge is 0.253 e. The Balaban J connectivity index is 4.19. The van der Waals surface area contributed by atoms with E-state index in [0.29, 0.717) is 13.2 Å². The second kappa shape index (κ2) is 9.77. The Bertz CT molecular complexity index is 262. The number of hydrogen-bond acceptors (Lipinski definition) is 6. The fourth-order valence-corrected chi connectivity index (χ4v) is 1.34. The van der Waals surface area contributed by atoms with E-state index in [2.05, 4.69) is 5.32 Å². The number of methoxy groups -OCH3 is 2. The van der Waals surface area contributed by atoms with Crippen LogP contribution in [0.2, 0.25) is 0 Å². The summed E-state index contributed by atoms with van der Waals surface area (Å²) in [5.41, 5.74) is 2.04. The average Bonchev–Trinajstić information content (AvgIpc) is 2.35. The molecule has 18 heavy (non-hydrogen) atoms. The number of nitrogens with zero attached hydrogens (tertiary/aromatic N) is 1. The number of likely N-dealkylation sites (N-methyl/N-ethyl adjacent to an activating group) is 1. The molecule has 0 aliphatic heterocycles. The highest BCUT2D eigenvalue weighted by Gasteiger charge is 2.23. The summed E-state index contributed by atoms with van der Waals surface area (Å²) >= 11 is 0. The molecule has 0 saturated carbocycles. The van der Waals surface area contributed by atoms with Crippen molar-refractivity contribution in [3.8, 4) is 0 Å². The molecule has 0 rings (SSSR count).